The summed E-state index contributed by atoms with van der Waals surface area (Å²) < 4.78 is 22.2. The van der Waals surface area contributed by atoms with Crippen molar-refractivity contribution >= 4 is 21.6 Å². The van der Waals surface area contributed by atoms with Gasteiger partial charge in [-0.15, -0.1) is 4.36 Å². The average molecular weight is 432 g/mol. The molecule has 162 valence electrons. The van der Waals surface area contributed by atoms with Gasteiger partial charge in [-0.3, -0.25) is 0 Å². The van der Waals surface area contributed by atoms with Gasteiger partial charge >= 0.3 is 6.03 Å². The molecule has 30 heavy (non-hydrogen) atoms. The molecule has 1 heterocycles. The van der Waals surface area contributed by atoms with Gasteiger partial charge in [0.15, 0.2) is 9.92 Å². The molecule has 0 aliphatic heterocycles. The van der Waals surface area contributed by atoms with Gasteiger partial charge in [-0.05, 0) is 81.0 Å². The summed E-state index contributed by atoms with van der Waals surface area (Å²) in [6.45, 7) is 6.99. The molecular formula is C22H29N3O4S. The molecule has 0 fully saturated rings. The van der Waals surface area contributed by atoms with E-state index >= 15 is 0 Å². The number of carbonyl (C=O) groups is 1. The van der Waals surface area contributed by atoms with Crippen molar-refractivity contribution in [1.82, 2.24) is 0 Å². The number of benzene rings is 1. The third kappa shape index (κ3) is 3.68. The SMILES string of the molecule is Cc1oc(S(N)(=O)=NC(=O)Nc2c3c(cc4c2C(C)CC4)CCC3)cc1C(C)(C)O. The minimum atomic E-state index is -3.60. The number of hydrogen-bond acceptors (Lipinski definition) is 4. The minimum Gasteiger partial charge on any atom is -0.450 e. The topological polar surface area (TPSA) is 118 Å². The fourth-order valence-corrected chi connectivity index (χ4v) is 5.67. The van der Waals surface area contributed by atoms with E-state index in [0.717, 1.165) is 43.4 Å². The van der Waals surface area contributed by atoms with Crippen molar-refractivity contribution in [2.24, 2.45) is 9.50 Å². The summed E-state index contributed by atoms with van der Waals surface area (Å²) in [5.74, 6) is 0.740. The highest BCUT2D eigenvalue weighted by atomic mass is 32.2. The predicted octanol–water partition coefficient (Wildman–Crippen LogP) is 4.29. The highest BCUT2D eigenvalue weighted by Crippen LogP contribution is 2.44. The second kappa shape index (κ2) is 7.21. The number of anilines is 1. The van der Waals surface area contributed by atoms with Crippen molar-refractivity contribution in [3.05, 3.63) is 45.7 Å². The maximum absolute atomic E-state index is 13.0. The first kappa shape index (κ1) is 21.1. The molecule has 0 bridgehead atoms. The Kier molecular flexibility index (Phi) is 5.07. The van der Waals surface area contributed by atoms with E-state index in [1.165, 1.54) is 22.8 Å². The van der Waals surface area contributed by atoms with E-state index in [1.807, 2.05) is 0 Å². The standard InChI is InChI=1S/C22H29N3O4S/c1-12-8-9-15-10-14-6-5-7-16(14)20(19(12)15)24-21(26)25-30(23,28)18-11-17(13(2)29-18)22(3,4)27/h10-12,27H,5-9H2,1-4H3,(H3,23,24,25,26,28). The number of carbonyl (C=O) groups excluding carboxylic acids is 1. The molecule has 7 nitrogen and oxygen atoms in total. The molecule has 2 aromatic rings. The normalized spacial score (nSPS) is 19.9. The molecule has 4 N–H and O–H groups in total. The van der Waals surface area contributed by atoms with Crippen LogP contribution in [0.5, 0.6) is 0 Å². The lowest BCUT2D eigenvalue weighted by Gasteiger charge is -2.17. The summed E-state index contributed by atoms with van der Waals surface area (Å²) in [5.41, 5.74) is 4.98. The predicted molar refractivity (Wildman–Crippen MR) is 116 cm³/mol. The zero-order valence-electron chi connectivity index (χ0n) is 17.9. The van der Waals surface area contributed by atoms with E-state index in [1.54, 1.807) is 20.8 Å². The molecule has 2 aliphatic rings. The number of furan rings is 1. The van der Waals surface area contributed by atoms with Gasteiger partial charge < -0.3 is 14.8 Å². The minimum absolute atomic E-state index is 0.121. The average Bonchev–Trinajstić information content (AvgIpc) is 3.32. The Morgan fingerprint density at radius 2 is 2.03 bits per heavy atom. The number of aliphatic hydroxyl groups is 1. The molecule has 2 amide bonds. The monoisotopic (exact) mass is 431 g/mol. The second-order valence-electron chi connectivity index (χ2n) is 8.94. The van der Waals surface area contributed by atoms with Crippen LogP contribution in [0.1, 0.15) is 73.1 Å². The van der Waals surface area contributed by atoms with Crippen LogP contribution in [0.2, 0.25) is 0 Å². The lowest BCUT2D eigenvalue weighted by atomic mass is 9.95. The number of amides is 2. The third-order valence-electron chi connectivity index (χ3n) is 6.16. The van der Waals surface area contributed by atoms with Gasteiger partial charge in [0.25, 0.3) is 0 Å². The number of rotatable bonds is 3. The van der Waals surface area contributed by atoms with Crippen molar-refractivity contribution in [3.63, 3.8) is 0 Å². The summed E-state index contributed by atoms with van der Waals surface area (Å²) in [5, 5.41) is 18.9. The zero-order valence-corrected chi connectivity index (χ0v) is 18.7. The van der Waals surface area contributed by atoms with Crippen molar-refractivity contribution < 1.29 is 18.5 Å². The van der Waals surface area contributed by atoms with Gasteiger partial charge in [0.05, 0.1) is 5.60 Å². The van der Waals surface area contributed by atoms with Crippen LogP contribution in [0.25, 0.3) is 0 Å². The van der Waals surface area contributed by atoms with Crippen molar-refractivity contribution in [2.75, 3.05) is 5.32 Å². The van der Waals surface area contributed by atoms with E-state index < -0.39 is 21.5 Å². The number of aryl methyl sites for hydroxylation is 3. The molecule has 0 spiro atoms. The molecular weight excluding hydrogens is 402 g/mol. The number of nitrogens with two attached hydrogens (primary N) is 1. The Labute approximate surface area is 177 Å². The Morgan fingerprint density at radius 3 is 2.70 bits per heavy atom. The molecule has 0 saturated carbocycles. The first-order valence-electron chi connectivity index (χ1n) is 10.3. The second-order valence-corrected chi connectivity index (χ2v) is 10.7. The molecule has 1 aromatic heterocycles. The van der Waals surface area contributed by atoms with Crippen LogP contribution in [0, 0.1) is 6.92 Å². The maximum Gasteiger partial charge on any atom is 0.354 e. The summed E-state index contributed by atoms with van der Waals surface area (Å²) >= 11 is 0. The van der Waals surface area contributed by atoms with E-state index in [-0.39, 0.29) is 5.09 Å². The molecule has 2 atom stereocenters. The summed E-state index contributed by atoms with van der Waals surface area (Å²) in [6.07, 6.45) is 5.04. The highest BCUT2D eigenvalue weighted by molar-refractivity contribution is 7.91. The number of nitrogens with one attached hydrogen (secondary N) is 1. The molecule has 0 saturated heterocycles. The molecule has 2 unspecified atom stereocenters. The Hall–Kier alpha value is -2.16. The fraction of sp³-hybridized carbons (Fsp3) is 0.500. The van der Waals surface area contributed by atoms with Crippen LogP contribution in [0.3, 0.4) is 0 Å². The smallest absolute Gasteiger partial charge is 0.354 e. The van der Waals surface area contributed by atoms with Gasteiger partial charge in [0.1, 0.15) is 5.76 Å². The molecule has 8 heteroatoms. The quantitative estimate of drug-likeness (QED) is 0.672. The first-order chi connectivity index (χ1) is 14.0. The Balaban J connectivity index is 1.69. The highest BCUT2D eigenvalue weighted by Gasteiger charge is 2.30. The van der Waals surface area contributed by atoms with Crippen LogP contribution < -0.4 is 10.5 Å². The molecule has 2 aliphatic carbocycles. The van der Waals surface area contributed by atoms with Crippen molar-refractivity contribution in [2.45, 2.75) is 76.4 Å². The van der Waals surface area contributed by atoms with Gasteiger partial charge in [-0.1, -0.05) is 13.0 Å². The van der Waals surface area contributed by atoms with Gasteiger partial charge in [0.2, 0.25) is 5.09 Å². The number of fused-ring (bicyclic) bond motifs is 2. The number of hydrogen-bond donors (Lipinski definition) is 3. The maximum atomic E-state index is 13.0. The van der Waals surface area contributed by atoms with Crippen molar-refractivity contribution in [1.29, 1.82) is 0 Å². The third-order valence-corrected chi connectivity index (χ3v) is 7.37. The van der Waals surface area contributed by atoms with Crippen LogP contribution >= 0.6 is 0 Å². The number of urea groups is 1. The van der Waals surface area contributed by atoms with Crippen LogP contribution in [-0.2, 0) is 34.8 Å². The van der Waals surface area contributed by atoms with Gasteiger partial charge in [-0.25, -0.2) is 14.1 Å². The fourth-order valence-electron chi connectivity index (χ4n) is 4.76. The summed E-state index contributed by atoms with van der Waals surface area (Å²) in [4.78, 5) is 12.8. The van der Waals surface area contributed by atoms with Crippen molar-refractivity contribution in [3.8, 4) is 0 Å². The zero-order chi connectivity index (χ0) is 21.8. The van der Waals surface area contributed by atoms with E-state index in [0.29, 0.717) is 17.2 Å². The molecule has 4 rings (SSSR count). The first-order valence-corrected chi connectivity index (χ1v) is 11.9. The van der Waals surface area contributed by atoms with E-state index in [4.69, 9.17) is 9.56 Å². The van der Waals surface area contributed by atoms with E-state index in [9.17, 15) is 14.1 Å². The largest absolute Gasteiger partial charge is 0.450 e. The number of nitrogens with zero attached hydrogens (tertiary/aromatic N) is 1. The van der Waals surface area contributed by atoms with Crippen LogP contribution in [0.4, 0.5) is 10.5 Å². The Bertz CT molecular complexity index is 1150. The van der Waals surface area contributed by atoms with Gasteiger partial charge in [-0.2, -0.15) is 0 Å². The lowest BCUT2D eigenvalue weighted by molar-refractivity contribution is 0.0769. The Morgan fingerprint density at radius 1 is 1.30 bits per heavy atom. The molecule has 1 aromatic carbocycles. The van der Waals surface area contributed by atoms with Gasteiger partial charge in [0, 0.05) is 17.3 Å². The summed E-state index contributed by atoms with van der Waals surface area (Å²) in [6, 6.07) is 2.95. The molecule has 0 radical (unpaired) electrons. The van der Waals surface area contributed by atoms with Crippen LogP contribution in [0.15, 0.2) is 26.0 Å². The summed E-state index contributed by atoms with van der Waals surface area (Å²) in [7, 11) is -3.60. The van der Waals surface area contributed by atoms with E-state index in [2.05, 4.69) is 22.7 Å². The lowest BCUT2D eigenvalue weighted by Crippen LogP contribution is -2.19. The van der Waals surface area contributed by atoms with Crippen LogP contribution in [-0.4, -0.2) is 15.3 Å².